The Labute approximate surface area is 104 Å². The van der Waals surface area contributed by atoms with Gasteiger partial charge in [0.05, 0.1) is 11.0 Å². The Hall–Kier alpha value is -0.830. The molecule has 3 heteroatoms. The van der Waals surface area contributed by atoms with Gasteiger partial charge in [-0.15, -0.1) is 0 Å². The van der Waals surface area contributed by atoms with Crippen molar-refractivity contribution in [2.45, 2.75) is 38.6 Å². The van der Waals surface area contributed by atoms with Crippen LogP contribution in [0.3, 0.4) is 0 Å². The summed E-state index contributed by atoms with van der Waals surface area (Å²) in [4.78, 5) is 4.78. The molecular weight excluding hydrogens is 264 g/mol. The summed E-state index contributed by atoms with van der Waals surface area (Å²) in [5, 5.41) is 0. The lowest BCUT2D eigenvalue weighted by atomic mass is 10.3. The molecule has 3 rings (SSSR count). The van der Waals surface area contributed by atoms with Gasteiger partial charge in [-0.3, -0.25) is 0 Å². The SMILES string of the molecule is CCCn1c(C2CC2)nc2ccc(Br)cc21. The smallest absolute Gasteiger partial charge is 0.112 e. The standard InChI is InChI=1S/C13H15BrN2/c1-2-7-16-12-8-10(14)5-6-11(12)15-13(16)9-3-4-9/h5-6,8-9H,2-4,7H2,1H3. The summed E-state index contributed by atoms with van der Waals surface area (Å²) >= 11 is 3.54. The van der Waals surface area contributed by atoms with E-state index in [0.29, 0.717) is 0 Å². The summed E-state index contributed by atoms with van der Waals surface area (Å²) in [7, 11) is 0. The Morgan fingerprint density at radius 1 is 1.44 bits per heavy atom. The molecule has 1 heterocycles. The molecule has 0 saturated heterocycles. The van der Waals surface area contributed by atoms with E-state index < -0.39 is 0 Å². The van der Waals surface area contributed by atoms with Gasteiger partial charge in [-0.2, -0.15) is 0 Å². The lowest BCUT2D eigenvalue weighted by Gasteiger charge is -2.06. The van der Waals surface area contributed by atoms with Crippen molar-refractivity contribution >= 4 is 27.0 Å². The van der Waals surface area contributed by atoms with Crippen molar-refractivity contribution in [3.05, 3.63) is 28.5 Å². The Bertz CT molecular complexity index is 526. The minimum atomic E-state index is 0.720. The van der Waals surface area contributed by atoms with E-state index in [0.717, 1.165) is 28.9 Å². The molecule has 1 aromatic carbocycles. The van der Waals surface area contributed by atoms with E-state index in [4.69, 9.17) is 4.98 Å². The monoisotopic (exact) mass is 278 g/mol. The summed E-state index contributed by atoms with van der Waals surface area (Å²) in [6.07, 6.45) is 3.79. The van der Waals surface area contributed by atoms with E-state index in [1.165, 1.54) is 24.2 Å². The second-order valence-corrected chi connectivity index (χ2v) is 5.44. The first kappa shape index (κ1) is 10.3. The quantitative estimate of drug-likeness (QED) is 0.827. The molecule has 1 fully saturated rings. The molecule has 0 atom stereocenters. The van der Waals surface area contributed by atoms with Crippen LogP contribution in [0.15, 0.2) is 22.7 Å². The Morgan fingerprint density at radius 3 is 2.94 bits per heavy atom. The number of halogens is 1. The molecule has 0 unspecified atom stereocenters. The predicted octanol–water partition coefficient (Wildman–Crippen LogP) is 4.09. The van der Waals surface area contributed by atoms with Crippen molar-refractivity contribution in [3.8, 4) is 0 Å². The third kappa shape index (κ3) is 1.67. The van der Waals surface area contributed by atoms with Gasteiger partial charge >= 0.3 is 0 Å². The largest absolute Gasteiger partial charge is 0.328 e. The average molecular weight is 279 g/mol. The lowest BCUT2D eigenvalue weighted by Crippen LogP contribution is -2.01. The molecule has 0 amide bonds. The lowest BCUT2D eigenvalue weighted by molar-refractivity contribution is 0.656. The number of aryl methyl sites for hydroxylation is 1. The van der Waals surface area contributed by atoms with Crippen molar-refractivity contribution in [2.24, 2.45) is 0 Å². The minimum absolute atomic E-state index is 0.720. The van der Waals surface area contributed by atoms with Gasteiger partial charge in [-0.1, -0.05) is 22.9 Å². The third-order valence-electron chi connectivity index (χ3n) is 3.13. The van der Waals surface area contributed by atoms with Gasteiger partial charge in [0.2, 0.25) is 0 Å². The molecule has 0 spiro atoms. The summed E-state index contributed by atoms with van der Waals surface area (Å²) in [6.45, 7) is 3.30. The molecule has 2 nitrogen and oxygen atoms in total. The Balaban J connectivity index is 2.20. The van der Waals surface area contributed by atoms with Gasteiger partial charge < -0.3 is 4.57 Å². The summed E-state index contributed by atoms with van der Waals surface area (Å²) in [5.41, 5.74) is 2.41. The van der Waals surface area contributed by atoms with Crippen LogP contribution in [-0.4, -0.2) is 9.55 Å². The molecular formula is C13H15BrN2. The maximum absolute atomic E-state index is 4.78. The van der Waals surface area contributed by atoms with Gasteiger partial charge in [-0.05, 0) is 37.5 Å². The first-order valence-corrected chi connectivity index (χ1v) is 6.74. The molecule has 1 saturated carbocycles. The number of nitrogens with zero attached hydrogens (tertiary/aromatic N) is 2. The zero-order valence-electron chi connectivity index (χ0n) is 9.41. The van der Waals surface area contributed by atoms with Crippen LogP contribution < -0.4 is 0 Å². The fourth-order valence-corrected chi connectivity index (χ4v) is 2.58. The van der Waals surface area contributed by atoms with Crippen LogP contribution in [0.4, 0.5) is 0 Å². The van der Waals surface area contributed by atoms with Crippen LogP contribution >= 0.6 is 15.9 Å². The number of benzene rings is 1. The normalized spacial score (nSPS) is 15.9. The third-order valence-corrected chi connectivity index (χ3v) is 3.62. The second kappa shape index (κ2) is 3.88. The first-order valence-electron chi connectivity index (χ1n) is 5.95. The van der Waals surface area contributed by atoms with Crippen LogP contribution in [0.5, 0.6) is 0 Å². The predicted molar refractivity (Wildman–Crippen MR) is 69.7 cm³/mol. The van der Waals surface area contributed by atoms with E-state index in [1.807, 2.05) is 0 Å². The Morgan fingerprint density at radius 2 is 2.25 bits per heavy atom. The van der Waals surface area contributed by atoms with Gasteiger partial charge in [0, 0.05) is 16.9 Å². The second-order valence-electron chi connectivity index (χ2n) is 4.53. The van der Waals surface area contributed by atoms with Crippen molar-refractivity contribution in [2.75, 3.05) is 0 Å². The molecule has 1 aliphatic rings. The van der Waals surface area contributed by atoms with Gasteiger partial charge in [-0.25, -0.2) is 4.98 Å². The number of aromatic nitrogens is 2. The zero-order chi connectivity index (χ0) is 11.1. The number of imidazole rings is 1. The molecule has 0 N–H and O–H groups in total. The highest BCUT2D eigenvalue weighted by atomic mass is 79.9. The zero-order valence-corrected chi connectivity index (χ0v) is 11.0. The van der Waals surface area contributed by atoms with E-state index in [1.54, 1.807) is 0 Å². The molecule has 0 aliphatic heterocycles. The highest BCUT2D eigenvalue weighted by Crippen LogP contribution is 2.41. The Kier molecular flexibility index (Phi) is 2.51. The van der Waals surface area contributed by atoms with Crippen LogP contribution in [0.25, 0.3) is 11.0 Å². The molecule has 1 aromatic heterocycles. The highest BCUT2D eigenvalue weighted by Gasteiger charge is 2.29. The van der Waals surface area contributed by atoms with E-state index >= 15 is 0 Å². The van der Waals surface area contributed by atoms with E-state index in [2.05, 4.69) is 45.6 Å². The maximum Gasteiger partial charge on any atom is 0.112 e. The number of hydrogen-bond acceptors (Lipinski definition) is 1. The fraction of sp³-hybridized carbons (Fsp3) is 0.462. The fourth-order valence-electron chi connectivity index (χ4n) is 2.23. The molecule has 84 valence electrons. The van der Waals surface area contributed by atoms with Gasteiger partial charge in [0.15, 0.2) is 0 Å². The van der Waals surface area contributed by atoms with Gasteiger partial charge in [0.1, 0.15) is 5.82 Å². The summed E-state index contributed by atoms with van der Waals surface area (Å²) in [5.74, 6) is 2.02. The molecule has 0 radical (unpaired) electrons. The van der Waals surface area contributed by atoms with Crippen LogP contribution in [0, 0.1) is 0 Å². The van der Waals surface area contributed by atoms with Crippen molar-refractivity contribution in [1.29, 1.82) is 0 Å². The molecule has 16 heavy (non-hydrogen) atoms. The van der Waals surface area contributed by atoms with Crippen LogP contribution in [0.1, 0.15) is 37.9 Å². The van der Waals surface area contributed by atoms with Crippen LogP contribution in [0.2, 0.25) is 0 Å². The minimum Gasteiger partial charge on any atom is -0.328 e. The number of fused-ring (bicyclic) bond motifs is 1. The topological polar surface area (TPSA) is 17.8 Å². The summed E-state index contributed by atoms with van der Waals surface area (Å²) < 4.78 is 3.54. The summed E-state index contributed by atoms with van der Waals surface area (Å²) in [6, 6.07) is 6.36. The van der Waals surface area contributed by atoms with E-state index in [-0.39, 0.29) is 0 Å². The molecule has 1 aliphatic carbocycles. The van der Waals surface area contributed by atoms with Crippen molar-refractivity contribution in [3.63, 3.8) is 0 Å². The number of hydrogen-bond donors (Lipinski definition) is 0. The molecule has 0 bridgehead atoms. The van der Waals surface area contributed by atoms with Crippen molar-refractivity contribution < 1.29 is 0 Å². The van der Waals surface area contributed by atoms with E-state index in [9.17, 15) is 0 Å². The maximum atomic E-state index is 4.78. The van der Waals surface area contributed by atoms with Gasteiger partial charge in [0.25, 0.3) is 0 Å². The highest BCUT2D eigenvalue weighted by molar-refractivity contribution is 9.10. The first-order chi connectivity index (χ1) is 7.79. The number of rotatable bonds is 3. The average Bonchev–Trinajstić information content (AvgIpc) is 3.05. The van der Waals surface area contributed by atoms with Crippen molar-refractivity contribution in [1.82, 2.24) is 9.55 Å². The van der Waals surface area contributed by atoms with Crippen LogP contribution in [-0.2, 0) is 6.54 Å². The molecule has 2 aromatic rings.